The normalized spacial score (nSPS) is 15.1. The van der Waals surface area contributed by atoms with E-state index in [0.717, 1.165) is 12.1 Å². The van der Waals surface area contributed by atoms with E-state index in [0.29, 0.717) is 0 Å². The van der Waals surface area contributed by atoms with Crippen LogP contribution in [-0.2, 0) is 0 Å². The van der Waals surface area contributed by atoms with Crippen LogP contribution in [-0.4, -0.2) is 37.5 Å². The SMILES string of the molecule is CCNC(c1ccccc1)C(C(C)C)N(C)CC(F)F. The lowest BCUT2D eigenvalue weighted by atomic mass is 9.90. The summed E-state index contributed by atoms with van der Waals surface area (Å²) in [6.45, 7) is 6.82. The number of hydrogen-bond donors (Lipinski definition) is 1. The summed E-state index contributed by atoms with van der Waals surface area (Å²) < 4.78 is 25.4. The van der Waals surface area contributed by atoms with Crippen LogP contribution in [0.1, 0.15) is 32.4 Å². The van der Waals surface area contributed by atoms with Gasteiger partial charge in [0.1, 0.15) is 0 Å². The average Bonchev–Trinajstić information content (AvgIpc) is 2.38. The topological polar surface area (TPSA) is 15.3 Å². The molecule has 0 saturated carbocycles. The monoisotopic (exact) mass is 284 g/mol. The van der Waals surface area contributed by atoms with Crippen molar-refractivity contribution in [2.75, 3.05) is 20.1 Å². The third-order valence-corrected chi connectivity index (χ3v) is 3.54. The van der Waals surface area contributed by atoms with Gasteiger partial charge in [-0.2, -0.15) is 0 Å². The van der Waals surface area contributed by atoms with Crippen LogP contribution in [0.15, 0.2) is 30.3 Å². The van der Waals surface area contributed by atoms with Gasteiger partial charge >= 0.3 is 0 Å². The van der Waals surface area contributed by atoms with Crippen molar-refractivity contribution in [3.05, 3.63) is 35.9 Å². The van der Waals surface area contributed by atoms with Gasteiger partial charge in [-0.15, -0.1) is 0 Å². The number of nitrogens with one attached hydrogen (secondary N) is 1. The first-order chi connectivity index (χ1) is 9.47. The first-order valence-electron chi connectivity index (χ1n) is 7.24. The predicted molar refractivity (Wildman–Crippen MR) is 80.1 cm³/mol. The van der Waals surface area contributed by atoms with Crippen LogP contribution < -0.4 is 5.32 Å². The van der Waals surface area contributed by atoms with Crippen LogP contribution in [0.5, 0.6) is 0 Å². The van der Waals surface area contributed by atoms with Gasteiger partial charge in [0.2, 0.25) is 0 Å². The fourth-order valence-corrected chi connectivity index (χ4v) is 2.80. The molecule has 1 rings (SSSR count). The minimum absolute atomic E-state index is 0.0337. The van der Waals surface area contributed by atoms with E-state index in [1.807, 2.05) is 25.1 Å². The van der Waals surface area contributed by atoms with Crippen LogP contribution in [0.2, 0.25) is 0 Å². The second-order valence-corrected chi connectivity index (χ2v) is 5.51. The highest BCUT2D eigenvalue weighted by molar-refractivity contribution is 5.21. The van der Waals surface area contributed by atoms with Crippen LogP contribution in [0.3, 0.4) is 0 Å². The van der Waals surface area contributed by atoms with E-state index < -0.39 is 6.43 Å². The van der Waals surface area contributed by atoms with Crippen molar-refractivity contribution in [2.24, 2.45) is 5.92 Å². The van der Waals surface area contributed by atoms with Crippen molar-refractivity contribution < 1.29 is 8.78 Å². The van der Waals surface area contributed by atoms with Crippen molar-refractivity contribution in [3.8, 4) is 0 Å². The summed E-state index contributed by atoms with van der Waals surface area (Å²) in [4.78, 5) is 1.77. The molecule has 0 aliphatic heterocycles. The van der Waals surface area contributed by atoms with Crippen molar-refractivity contribution in [1.29, 1.82) is 0 Å². The molecular formula is C16H26F2N2. The number of likely N-dealkylation sites (N-methyl/N-ethyl adjacent to an activating group) is 2. The van der Waals surface area contributed by atoms with Crippen molar-refractivity contribution in [3.63, 3.8) is 0 Å². The van der Waals surface area contributed by atoms with Gasteiger partial charge in [0.15, 0.2) is 0 Å². The lowest BCUT2D eigenvalue weighted by Gasteiger charge is -2.38. The van der Waals surface area contributed by atoms with Crippen LogP contribution in [0.25, 0.3) is 0 Å². The fourth-order valence-electron chi connectivity index (χ4n) is 2.80. The predicted octanol–water partition coefficient (Wildman–Crippen LogP) is 3.56. The molecule has 1 aromatic carbocycles. The third-order valence-electron chi connectivity index (χ3n) is 3.54. The van der Waals surface area contributed by atoms with E-state index in [9.17, 15) is 8.78 Å². The molecule has 0 bridgehead atoms. The Balaban J connectivity index is 3.00. The van der Waals surface area contributed by atoms with Gasteiger partial charge in [-0.25, -0.2) is 8.78 Å². The molecule has 4 heteroatoms. The molecule has 20 heavy (non-hydrogen) atoms. The maximum absolute atomic E-state index is 12.7. The summed E-state index contributed by atoms with van der Waals surface area (Å²) in [5.41, 5.74) is 1.15. The highest BCUT2D eigenvalue weighted by Crippen LogP contribution is 2.26. The number of benzene rings is 1. The van der Waals surface area contributed by atoms with E-state index in [2.05, 4.69) is 31.3 Å². The molecule has 0 saturated heterocycles. The van der Waals surface area contributed by atoms with Gasteiger partial charge in [-0.05, 0) is 25.1 Å². The number of nitrogens with zero attached hydrogens (tertiary/aromatic N) is 1. The molecule has 0 spiro atoms. The minimum Gasteiger partial charge on any atom is -0.309 e. The lowest BCUT2D eigenvalue weighted by Crippen LogP contribution is -2.47. The van der Waals surface area contributed by atoms with Gasteiger partial charge < -0.3 is 5.32 Å². The lowest BCUT2D eigenvalue weighted by molar-refractivity contribution is 0.0555. The van der Waals surface area contributed by atoms with Crippen LogP contribution in [0.4, 0.5) is 8.78 Å². The molecule has 0 amide bonds. The largest absolute Gasteiger partial charge is 0.309 e. The summed E-state index contributed by atoms with van der Waals surface area (Å²) >= 11 is 0. The first kappa shape index (κ1) is 17.1. The zero-order chi connectivity index (χ0) is 15.1. The number of halogens is 2. The molecule has 2 nitrogen and oxygen atoms in total. The Morgan fingerprint density at radius 3 is 2.20 bits per heavy atom. The van der Waals surface area contributed by atoms with Gasteiger partial charge in [-0.3, -0.25) is 4.90 Å². The summed E-state index contributed by atoms with van der Waals surface area (Å²) in [6.07, 6.45) is -2.31. The number of alkyl halides is 2. The standard InChI is InChI=1S/C16H26F2N2/c1-5-19-15(13-9-7-6-8-10-13)16(12(2)3)20(4)11-14(17)18/h6-10,12,14-16,19H,5,11H2,1-4H3. The molecule has 1 aromatic rings. The summed E-state index contributed by atoms with van der Waals surface area (Å²) in [5.74, 6) is 0.281. The van der Waals surface area contributed by atoms with Gasteiger partial charge in [0.05, 0.1) is 6.54 Å². The van der Waals surface area contributed by atoms with Gasteiger partial charge in [0, 0.05) is 12.1 Å². The Bertz CT molecular complexity index is 368. The van der Waals surface area contributed by atoms with Crippen LogP contribution >= 0.6 is 0 Å². The smallest absolute Gasteiger partial charge is 0.251 e. The summed E-state index contributed by atoms with van der Waals surface area (Å²) in [6, 6.07) is 10.2. The molecule has 2 unspecified atom stereocenters. The Morgan fingerprint density at radius 2 is 1.75 bits per heavy atom. The van der Waals surface area contributed by atoms with Crippen molar-refractivity contribution in [1.82, 2.24) is 10.2 Å². The highest BCUT2D eigenvalue weighted by atomic mass is 19.3. The van der Waals surface area contributed by atoms with Crippen LogP contribution in [0, 0.1) is 5.92 Å². The number of hydrogen-bond acceptors (Lipinski definition) is 2. The minimum atomic E-state index is -2.31. The van der Waals surface area contributed by atoms with Gasteiger partial charge in [0.25, 0.3) is 6.43 Å². The molecular weight excluding hydrogens is 258 g/mol. The second kappa shape index (κ2) is 8.32. The Hall–Kier alpha value is -1.00. The van der Waals surface area contributed by atoms with E-state index in [1.165, 1.54) is 0 Å². The number of rotatable bonds is 8. The zero-order valence-electron chi connectivity index (χ0n) is 12.8. The Morgan fingerprint density at radius 1 is 1.15 bits per heavy atom. The molecule has 0 aromatic heterocycles. The zero-order valence-corrected chi connectivity index (χ0v) is 12.8. The first-order valence-corrected chi connectivity index (χ1v) is 7.24. The second-order valence-electron chi connectivity index (χ2n) is 5.51. The molecule has 0 fully saturated rings. The molecule has 0 heterocycles. The Labute approximate surface area is 121 Å². The highest BCUT2D eigenvalue weighted by Gasteiger charge is 2.30. The molecule has 2 atom stereocenters. The quantitative estimate of drug-likeness (QED) is 0.785. The fraction of sp³-hybridized carbons (Fsp3) is 0.625. The molecule has 1 N–H and O–H groups in total. The Kier molecular flexibility index (Phi) is 7.10. The maximum atomic E-state index is 12.7. The van der Waals surface area contributed by atoms with E-state index in [1.54, 1.807) is 11.9 Å². The molecule has 0 radical (unpaired) electrons. The van der Waals surface area contributed by atoms with Crippen molar-refractivity contribution >= 4 is 0 Å². The van der Waals surface area contributed by atoms with E-state index in [-0.39, 0.29) is 24.5 Å². The summed E-state index contributed by atoms with van der Waals surface area (Å²) in [5, 5.41) is 3.45. The van der Waals surface area contributed by atoms with Crippen molar-refractivity contribution in [2.45, 2.75) is 39.3 Å². The van der Waals surface area contributed by atoms with E-state index in [4.69, 9.17) is 0 Å². The molecule has 0 aliphatic carbocycles. The van der Waals surface area contributed by atoms with Gasteiger partial charge in [-0.1, -0.05) is 51.1 Å². The molecule has 114 valence electrons. The maximum Gasteiger partial charge on any atom is 0.251 e. The third kappa shape index (κ3) is 4.84. The summed E-state index contributed by atoms with van der Waals surface area (Å²) in [7, 11) is 1.78. The average molecular weight is 284 g/mol. The molecule has 0 aliphatic rings. The van der Waals surface area contributed by atoms with E-state index >= 15 is 0 Å².